The molecule has 0 bridgehead atoms. The molecule has 1 rings (SSSR count). The average molecular weight is 239 g/mol. The summed E-state index contributed by atoms with van der Waals surface area (Å²) in [6.45, 7) is 6.39. The van der Waals surface area contributed by atoms with E-state index in [0.717, 1.165) is 12.1 Å². The van der Waals surface area contributed by atoms with Crippen molar-refractivity contribution in [3.63, 3.8) is 0 Å². The molecule has 0 aliphatic carbocycles. The maximum absolute atomic E-state index is 11.7. The van der Waals surface area contributed by atoms with E-state index in [2.05, 4.69) is 29.4 Å². The lowest BCUT2D eigenvalue weighted by Gasteiger charge is -2.04. The molecule has 1 heterocycles. The van der Waals surface area contributed by atoms with Gasteiger partial charge in [0.1, 0.15) is 5.69 Å². The molecular weight excluding hydrogens is 218 g/mol. The van der Waals surface area contributed by atoms with Gasteiger partial charge in [0.15, 0.2) is 0 Å². The second-order valence-electron chi connectivity index (χ2n) is 4.77. The van der Waals surface area contributed by atoms with Crippen LogP contribution in [0, 0.1) is 5.92 Å². The zero-order valence-corrected chi connectivity index (χ0v) is 10.7. The van der Waals surface area contributed by atoms with Gasteiger partial charge in [-0.2, -0.15) is 5.10 Å². The Balaban J connectivity index is 2.43. The van der Waals surface area contributed by atoms with Crippen molar-refractivity contribution in [3.05, 3.63) is 17.5 Å². The van der Waals surface area contributed by atoms with E-state index in [9.17, 15) is 4.79 Å². The maximum Gasteiger partial charge on any atom is 0.271 e. The van der Waals surface area contributed by atoms with Gasteiger partial charge in [0.25, 0.3) is 5.91 Å². The van der Waals surface area contributed by atoms with Gasteiger partial charge in [-0.15, -0.1) is 0 Å². The normalized spacial score (nSPS) is 12.8. The lowest BCUT2D eigenvalue weighted by Crippen LogP contribution is -2.26. The van der Waals surface area contributed by atoms with Crippen molar-refractivity contribution < 1.29 is 9.90 Å². The average Bonchev–Trinajstić information content (AvgIpc) is 2.64. The Kier molecular flexibility index (Phi) is 5.15. The molecule has 0 saturated carbocycles. The number of aliphatic hydroxyl groups excluding tert-OH is 1. The van der Waals surface area contributed by atoms with Gasteiger partial charge in [0.2, 0.25) is 0 Å². The molecule has 5 nitrogen and oxygen atoms in total. The van der Waals surface area contributed by atoms with E-state index in [1.54, 1.807) is 13.0 Å². The predicted molar refractivity (Wildman–Crippen MR) is 65.8 cm³/mol. The third-order valence-corrected chi connectivity index (χ3v) is 2.34. The minimum Gasteiger partial charge on any atom is -0.393 e. The Morgan fingerprint density at radius 2 is 2.24 bits per heavy atom. The first kappa shape index (κ1) is 13.7. The fraction of sp³-hybridized carbons (Fsp3) is 0.667. The Labute approximate surface area is 102 Å². The van der Waals surface area contributed by atoms with Gasteiger partial charge in [0, 0.05) is 12.2 Å². The standard InChI is InChI=1S/C12H21N3O2/c1-8(2)6-10-7-11(15-14-10)12(17)13-5-4-9(3)16/h7-9,16H,4-6H2,1-3H3,(H,13,17)(H,14,15). The molecule has 96 valence electrons. The van der Waals surface area contributed by atoms with Gasteiger partial charge >= 0.3 is 0 Å². The van der Waals surface area contributed by atoms with Crippen molar-refractivity contribution in [1.82, 2.24) is 15.5 Å². The summed E-state index contributed by atoms with van der Waals surface area (Å²) in [5.74, 6) is 0.332. The Bertz CT molecular complexity index is 358. The summed E-state index contributed by atoms with van der Waals surface area (Å²) >= 11 is 0. The monoisotopic (exact) mass is 239 g/mol. The Hall–Kier alpha value is -1.36. The number of hydrogen-bond donors (Lipinski definition) is 3. The number of rotatable bonds is 6. The van der Waals surface area contributed by atoms with Gasteiger partial charge in [0.05, 0.1) is 6.10 Å². The number of nitrogens with zero attached hydrogens (tertiary/aromatic N) is 1. The molecule has 0 aliphatic rings. The summed E-state index contributed by atoms with van der Waals surface area (Å²) < 4.78 is 0. The summed E-state index contributed by atoms with van der Waals surface area (Å²) in [6, 6.07) is 1.78. The van der Waals surface area contributed by atoms with Crippen LogP contribution in [0.1, 0.15) is 43.4 Å². The number of amides is 1. The van der Waals surface area contributed by atoms with Crippen molar-refractivity contribution in [2.75, 3.05) is 6.54 Å². The summed E-state index contributed by atoms with van der Waals surface area (Å²) in [7, 11) is 0. The third kappa shape index (κ3) is 4.99. The van der Waals surface area contributed by atoms with Crippen LogP contribution in [0.2, 0.25) is 0 Å². The number of H-pyrrole nitrogens is 1. The summed E-state index contributed by atoms with van der Waals surface area (Å²) in [6.07, 6.45) is 1.04. The van der Waals surface area contributed by atoms with E-state index in [0.29, 0.717) is 24.6 Å². The van der Waals surface area contributed by atoms with Gasteiger partial charge in [-0.3, -0.25) is 9.89 Å². The summed E-state index contributed by atoms with van der Waals surface area (Å²) in [5.41, 5.74) is 1.38. The highest BCUT2D eigenvalue weighted by atomic mass is 16.3. The van der Waals surface area contributed by atoms with Gasteiger partial charge in [-0.25, -0.2) is 0 Å². The number of carbonyl (C=O) groups is 1. The van der Waals surface area contributed by atoms with Crippen LogP contribution in [0.15, 0.2) is 6.07 Å². The van der Waals surface area contributed by atoms with Gasteiger partial charge in [-0.05, 0) is 31.7 Å². The minimum atomic E-state index is -0.397. The molecule has 0 fully saturated rings. The van der Waals surface area contributed by atoms with E-state index in [-0.39, 0.29) is 5.91 Å². The molecule has 1 unspecified atom stereocenters. The van der Waals surface area contributed by atoms with E-state index in [1.807, 2.05) is 0 Å². The second kappa shape index (κ2) is 6.39. The van der Waals surface area contributed by atoms with E-state index >= 15 is 0 Å². The van der Waals surface area contributed by atoms with Gasteiger partial charge in [-0.1, -0.05) is 13.8 Å². The molecule has 1 atom stereocenters. The number of nitrogens with one attached hydrogen (secondary N) is 2. The van der Waals surface area contributed by atoms with Crippen molar-refractivity contribution >= 4 is 5.91 Å². The van der Waals surface area contributed by atoms with E-state index in [4.69, 9.17) is 5.11 Å². The molecule has 0 radical (unpaired) electrons. The van der Waals surface area contributed by atoms with Crippen LogP contribution < -0.4 is 5.32 Å². The molecule has 0 spiro atoms. The highest BCUT2D eigenvalue weighted by Gasteiger charge is 2.10. The number of carbonyl (C=O) groups excluding carboxylic acids is 1. The summed E-state index contributed by atoms with van der Waals surface area (Å²) in [4.78, 5) is 11.7. The molecule has 5 heteroatoms. The SMILES string of the molecule is CC(C)Cc1cc(C(=O)NCCC(C)O)n[nH]1. The molecule has 0 saturated heterocycles. The summed E-state index contributed by atoms with van der Waals surface area (Å²) in [5, 5.41) is 18.6. The van der Waals surface area contributed by atoms with Crippen LogP contribution in [0.3, 0.4) is 0 Å². The van der Waals surface area contributed by atoms with Crippen LogP contribution in [-0.4, -0.2) is 33.9 Å². The van der Waals surface area contributed by atoms with E-state index < -0.39 is 6.10 Å². The van der Waals surface area contributed by atoms with Crippen LogP contribution in [0.4, 0.5) is 0 Å². The fourth-order valence-electron chi connectivity index (χ4n) is 1.51. The molecule has 1 aromatic heterocycles. The molecule has 1 aromatic rings. The first-order valence-corrected chi connectivity index (χ1v) is 5.99. The van der Waals surface area contributed by atoms with Gasteiger partial charge < -0.3 is 10.4 Å². The largest absolute Gasteiger partial charge is 0.393 e. The molecule has 3 N–H and O–H groups in total. The zero-order valence-electron chi connectivity index (χ0n) is 10.7. The smallest absolute Gasteiger partial charge is 0.271 e. The molecular formula is C12H21N3O2. The number of aromatic nitrogens is 2. The second-order valence-corrected chi connectivity index (χ2v) is 4.77. The number of hydrogen-bond acceptors (Lipinski definition) is 3. The maximum atomic E-state index is 11.7. The van der Waals surface area contributed by atoms with Crippen molar-refractivity contribution in [3.8, 4) is 0 Å². The molecule has 17 heavy (non-hydrogen) atoms. The van der Waals surface area contributed by atoms with Crippen molar-refractivity contribution in [2.45, 2.75) is 39.7 Å². The van der Waals surface area contributed by atoms with E-state index in [1.165, 1.54) is 0 Å². The number of aliphatic hydroxyl groups is 1. The fourth-order valence-corrected chi connectivity index (χ4v) is 1.51. The first-order valence-electron chi connectivity index (χ1n) is 5.99. The highest BCUT2D eigenvalue weighted by Crippen LogP contribution is 2.06. The van der Waals surface area contributed by atoms with Crippen LogP contribution in [0.5, 0.6) is 0 Å². The lowest BCUT2D eigenvalue weighted by molar-refractivity contribution is 0.0940. The van der Waals surface area contributed by atoms with Crippen LogP contribution >= 0.6 is 0 Å². The first-order chi connectivity index (χ1) is 7.99. The molecule has 0 aromatic carbocycles. The Morgan fingerprint density at radius 1 is 1.53 bits per heavy atom. The topological polar surface area (TPSA) is 78.0 Å². The predicted octanol–water partition coefficient (Wildman–Crippen LogP) is 1.11. The minimum absolute atomic E-state index is 0.197. The van der Waals surface area contributed by atoms with Crippen LogP contribution in [0.25, 0.3) is 0 Å². The quantitative estimate of drug-likeness (QED) is 0.696. The third-order valence-electron chi connectivity index (χ3n) is 2.34. The molecule has 1 amide bonds. The lowest BCUT2D eigenvalue weighted by atomic mass is 10.1. The molecule has 0 aliphatic heterocycles. The van der Waals surface area contributed by atoms with Crippen molar-refractivity contribution in [1.29, 1.82) is 0 Å². The van der Waals surface area contributed by atoms with Crippen LogP contribution in [-0.2, 0) is 6.42 Å². The Morgan fingerprint density at radius 3 is 2.82 bits per heavy atom. The highest BCUT2D eigenvalue weighted by molar-refractivity contribution is 5.92. The number of aromatic amines is 1. The zero-order chi connectivity index (χ0) is 12.8. The van der Waals surface area contributed by atoms with Crippen molar-refractivity contribution in [2.24, 2.45) is 5.92 Å².